The first-order valence-electron chi connectivity index (χ1n) is 12.2. The van der Waals surface area contributed by atoms with Crippen molar-refractivity contribution in [2.24, 2.45) is 11.3 Å². The molecule has 1 aliphatic carbocycles. The molecule has 0 spiro atoms. The summed E-state index contributed by atoms with van der Waals surface area (Å²) in [6.07, 6.45) is 6.18. The van der Waals surface area contributed by atoms with E-state index in [-0.39, 0.29) is 35.6 Å². The fraction of sp³-hybridized carbons (Fsp3) is 0.448. The van der Waals surface area contributed by atoms with Crippen molar-refractivity contribution >= 4 is 34.9 Å². The molecule has 0 N–H and O–H groups in total. The van der Waals surface area contributed by atoms with E-state index in [2.05, 4.69) is 19.6 Å². The van der Waals surface area contributed by atoms with Gasteiger partial charge >= 0.3 is 0 Å². The van der Waals surface area contributed by atoms with Crippen LogP contribution in [0.25, 0.3) is 0 Å². The summed E-state index contributed by atoms with van der Waals surface area (Å²) >= 11 is 12.6. The normalized spacial score (nSPS) is 25.8. The molecule has 180 valence electrons. The van der Waals surface area contributed by atoms with E-state index in [0.29, 0.717) is 29.3 Å². The number of halogens is 2. The Labute approximate surface area is 213 Å². The van der Waals surface area contributed by atoms with E-state index in [1.807, 2.05) is 60.4 Å². The molecule has 0 radical (unpaired) electrons. The topological polar surface area (TPSA) is 37.4 Å². The lowest BCUT2D eigenvalue weighted by molar-refractivity contribution is -0.155. The summed E-state index contributed by atoms with van der Waals surface area (Å²) in [6.45, 7) is 8.05. The van der Waals surface area contributed by atoms with E-state index < -0.39 is 5.41 Å². The highest BCUT2D eigenvalue weighted by Gasteiger charge is 2.51. The molecule has 4 atom stereocenters. The van der Waals surface area contributed by atoms with Gasteiger partial charge in [-0.15, -0.1) is 6.58 Å². The third kappa shape index (κ3) is 5.11. The van der Waals surface area contributed by atoms with E-state index in [4.69, 9.17) is 23.2 Å². The van der Waals surface area contributed by atoms with E-state index in [9.17, 15) is 9.59 Å². The second-order valence-electron chi connectivity index (χ2n) is 10.1. The van der Waals surface area contributed by atoms with Gasteiger partial charge in [0.1, 0.15) is 5.78 Å². The lowest BCUT2D eigenvalue weighted by Crippen LogP contribution is -2.55. The molecule has 2 aromatic carbocycles. The Balaban J connectivity index is 1.85. The lowest BCUT2D eigenvalue weighted by Gasteiger charge is -2.52. The molecule has 1 amide bonds. The number of hydrogen-bond acceptors (Lipinski definition) is 2. The zero-order valence-corrected chi connectivity index (χ0v) is 21.5. The minimum absolute atomic E-state index is 0.0209. The maximum Gasteiger partial charge on any atom is 0.229 e. The van der Waals surface area contributed by atoms with Crippen molar-refractivity contribution in [1.82, 2.24) is 4.90 Å². The van der Waals surface area contributed by atoms with Crippen LogP contribution in [0.5, 0.6) is 0 Å². The summed E-state index contributed by atoms with van der Waals surface area (Å²) in [7, 11) is 0. The lowest BCUT2D eigenvalue weighted by atomic mass is 9.67. The minimum Gasteiger partial charge on any atom is -0.331 e. The Morgan fingerprint density at radius 2 is 1.85 bits per heavy atom. The van der Waals surface area contributed by atoms with Gasteiger partial charge in [-0.3, -0.25) is 9.59 Å². The van der Waals surface area contributed by atoms with E-state index in [1.165, 1.54) is 0 Å². The van der Waals surface area contributed by atoms with Crippen molar-refractivity contribution < 1.29 is 9.59 Å². The van der Waals surface area contributed by atoms with Crippen molar-refractivity contribution in [2.75, 3.05) is 0 Å². The third-order valence-corrected chi connectivity index (χ3v) is 8.01. The first kappa shape index (κ1) is 25.0. The van der Waals surface area contributed by atoms with Crippen LogP contribution >= 0.6 is 23.2 Å². The molecule has 3 nitrogen and oxygen atoms in total. The second kappa shape index (κ2) is 10.3. The molecule has 2 fully saturated rings. The predicted octanol–water partition coefficient (Wildman–Crippen LogP) is 7.78. The summed E-state index contributed by atoms with van der Waals surface area (Å²) in [5.74, 6) is 0.574. The van der Waals surface area contributed by atoms with Crippen LogP contribution in [-0.4, -0.2) is 22.6 Å². The van der Waals surface area contributed by atoms with Crippen LogP contribution in [0.15, 0.2) is 61.2 Å². The molecule has 0 bridgehead atoms. The highest BCUT2D eigenvalue weighted by Crippen LogP contribution is 2.52. The fourth-order valence-corrected chi connectivity index (χ4v) is 5.86. The molecule has 0 aromatic heterocycles. The van der Waals surface area contributed by atoms with E-state index >= 15 is 0 Å². The van der Waals surface area contributed by atoms with Crippen molar-refractivity contribution in [1.29, 1.82) is 0 Å². The average Bonchev–Trinajstić information content (AvgIpc) is 3.66. The summed E-state index contributed by atoms with van der Waals surface area (Å²) in [4.78, 5) is 29.1. The minimum atomic E-state index is -0.603. The van der Waals surface area contributed by atoms with Gasteiger partial charge in [-0.25, -0.2) is 0 Å². The predicted molar refractivity (Wildman–Crippen MR) is 139 cm³/mol. The maximum atomic E-state index is 14.2. The van der Waals surface area contributed by atoms with Gasteiger partial charge in [0.15, 0.2) is 0 Å². The number of nitrogens with zero attached hydrogens (tertiary/aromatic N) is 1. The molecule has 4 rings (SSSR count). The smallest absolute Gasteiger partial charge is 0.229 e. The van der Waals surface area contributed by atoms with Crippen LogP contribution in [0, 0.1) is 11.3 Å². The molecule has 1 heterocycles. The summed E-state index contributed by atoms with van der Waals surface area (Å²) in [5, 5.41) is 1.33. The number of allylic oxidation sites excluding steroid dienone is 1. The highest BCUT2D eigenvalue weighted by molar-refractivity contribution is 6.30. The SMILES string of the molecule is C=CC[C@@]1(C)C[C@H](c2cccc(Cl)c2)[C@@H](c2ccc(Cl)cc2)N(C(CC)CC(=O)C2CC2)C1=O. The van der Waals surface area contributed by atoms with Gasteiger partial charge in [-0.2, -0.15) is 0 Å². The number of piperidine rings is 1. The van der Waals surface area contributed by atoms with Gasteiger partial charge in [0.2, 0.25) is 5.91 Å². The van der Waals surface area contributed by atoms with Gasteiger partial charge in [0.05, 0.1) is 11.5 Å². The number of hydrogen-bond donors (Lipinski definition) is 0. The second-order valence-corrected chi connectivity index (χ2v) is 11.0. The van der Waals surface area contributed by atoms with Crippen LogP contribution in [0.1, 0.15) is 75.5 Å². The molecular weight excluding hydrogens is 465 g/mol. The summed E-state index contributed by atoms with van der Waals surface area (Å²) in [5.41, 5.74) is 1.53. The molecular formula is C29H33Cl2NO2. The van der Waals surface area contributed by atoms with Crippen molar-refractivity contribution in [2.45, 2.75) is 70.4 Å². The first-order chi connectivity index (χ1) is 16.3. The molecule has 5 heteroatoms. The van der Waals surface area contributed by atoms with Crippen LogP contribution in [0.3, 0.4) is 0 Å². The van der Waals surface area contributed by atoms with Gasteiger partial charge in [-0.05, 0) is 67.5 Å². The summed E-state index contributed by atoms with van der Waals surface area (Å²) < 4.78 is 0. The Morgan fingerprint density at radius 1 is 1.15 bits per heavy atom. The van der Waals surface area contributed by atoms with Crippen molar-refractivity contribution in [3.8, 4) is 0 Å². The van der Waals surface area contributed by atoms with Gasteiger partial charge in [0.25, 0.3) is 0 Å². The zero-order valence-electron chi connectivity index (χ0n) is 20.0. The number of ketones is 1. The zero-order chi connectivity index (χ0) is 24.5. The molecule has 1 aliphatic heterocycles. The van der Waals surface area contributed by atoms with Gasteiger partial charge < -0.3 is 4.90 Å². The van der Waals surface area contributed by atoms with E-state index in [0.717, 1.165) is 30.4 Å². The van der Waals surface area contributed by atoms with Gasteiger partial charge in [-0.1, -0.05) is 67.4 Å². The number of carbonyl (C=O) groups excluding carboxylic acids is 2. The Bertz CT molecular complexity index is 1060. The Hall–Kier alpha value is -2.10. The number of carbonyl (C=O) groups is 2. The fourth-order valence-electron chi connectivity index (χ4n) is 5.53. The number of benzene rings is 2. The van der Waals surface area contributed by atoms with Crippen LogP contribution < -0.4 is 0 Å². The standard InChI is InChI=1S/C29H33Cl2NO2/c1-4-15-29(3)18-25(21-7-6-8-23(31)16-21)27(20-11-13-22(30)14-12-20)32(28(29)34)24(5-2)17-26(33)19-9-10-19/h4,6-8,11-14,16,19,24-25,27H,1,5,9-10,15,17-18H2,2-3H3/t24?,25-,27-,29+/m1/s1. The van der Waals surface area contributed by atoms with Crippen LogP contribution in [0.2, 0.25) is 10.0 Å². The number of likely N-dealkylation sites (tertiary alicyclic amines) is 1. The number of Topliss-reactive ketones (excluding diaryl/α,β-unsaturated/α-hetero) is 1. The summed E-state index contributed by atoms with van der Waals surface area (Å²) in [6, 6.07) is 15.4. The number of amides is 1. The molecule has 1 saturated carbocycles. The molecule has 34 heavy (non-hydrogen) atoms. The van der Waals surface area contributed by atoms with Crippen molar-refractivity contribution in [3.63, 3.8) is 0 Å². The maximum absolute atomic E-state index is 14.2. The van der Waals surface area contributed by atoms with Crippen LogP contribution in [-0.2, 0) is 9.59 Å². The molecule has 2 aromatic rings. The van der Waals surface area contributed by atoms with Crippen molar-refractivity contribution in [3.05, 3.63) is 82.4 Å². The molecule has 2 aliphatic rings. The Kier molecular flexibility index (Phi) is 7.54. The Morgan fingerprint density at radius 3 is 2.44 bits per heavy atom. The average molecular weight is 498 g/mol. The van der Waals surface area contributed by atoms with E-state index in [1.54, 1.807) is 0 Å². The van der Waals surface area contributed by atoms with Gasteiger partial charge in [0, 0.05) is 34.3 Å². The molecule has 1 saturated heterocycles. The highest BCUT2D eigenvalue weighted by atomic mass is 35.5. The number of rotatable bonds is 9. The first-order valence-corrected chi connectivity index (χ1v) is 13.0. The monoisotopic (exact) mass is 497 g/mol. The third-order valence-electron chi connectivity index (χ3n) is 7.52. The largest absolute Gasteiger partial charge is 0.331 e. The van der Waals surface area contributed by atoms with Crippen LogP contribution in [0.4, 0.5) is 0 Å². The molecule has 1 unspecified atom stereocenters. The quantitative estimate of drug-likeness (QED) is 0.331.